The molecule has 0 bridgehead atoms. The van der Waals surface area contributed by atoms with Gasteiger partial charge in [-0.05, 0) is 11.4 Å². The van der Waals surface area contributed by atoms with E-state index in [9.17, 15) is 10.4 Å². The zero-order valence-electron chi connectivity index (χ0n) is 8.85. The summed E-state index contributed by atoms with van der Waals surface area (Å²) in [6, 6.07) is 3.73. The molecule has 0 N–H and O–H groups in total. The van der Waals surface area contributed by atoms with Crippen LogP contribution < -0.4 is 0 Å². The van der Waals surface area contributed by atoms with E-state index in [2.05, 4.69) is 0 Å². The van der Waals surface area contributed by atoms with Gasteiger partial charge in [0.1, 0.15) is 4.88 Å². The lowest BCUT2D eigenvalue weighted by Crippen LogP contribution is -2.39. The fraction of sp³-hybridized carbons (Fsp3) is 0.400. The Morgan fingerprint density at radius 1 is 1.33 bits per heavy atom. The highest BCUT2D eigenvalue weighted by Gasteiger charge is 2.50. The number of hydrogen-bond donors (Lipinski definition) is 0. The molecule has 0 saturated heterocycles. The van der Waals surface area contributed by atoms with Crippen LogP contribution in [0.5, 0.6) is 0 Å². The SMILES string of the molecule is CC1=[N+]([O-])C(C)(C)C(c2cccs2)=[N+]1[O-]. The number of hydrogen-bond acceptors (Lipinski definition) is 3. The summed E-state index contributed by atoms with van der Waals surface area (Å²) in [5.74, 6) is 0.198. The molecule has 0 spiro atoms. The van der Waals surface area contributed by atoms with Crippen molar-refractivity contribution in [1.82, 2.24) is 0 Å². The first-order valence-electron chi connectivity index (χ1n) is 4.65. The summed E-state index contributed by atoms with van der Waals surface area (Å²) in [5, 5.41) is 25.5. The Morgan fingerprint density at radius 3 is 2.40 bits per heavy atom. The maximum absolute atomic E-state index is 11.8. The Hall–Kier alpha value is -1.36. The van der Waals surface area contributed by atoms with Crippen LogP contribution in [-0.4, -0.2) is 26.6 Å². The average molecular weight is 224 g/mol. The van der Waals surface area contributed by atoms with Crippen LogP contribution in [0.15, 0.2) is 17.5 Å². The monoisotopic (exact) mass is 224 g/mol. The van der Waals surface area contributed by atoms with Crippen molar-refractivity contribution in [3.05, 3.63) is 32.8 Å². The smallest absolute Gasteiger partial charge is 0.433 e. The Labute approximate surface area is 92.0 Å². The molecule has 1 aromatic rings. The summed E-state index contributed by atoms with van der Waals surface area (Å²) in [6.07, 6.45) is 0. The topological polar surface area (TPSA) is 52.1 Å². The fourth-order valence-corrected chi connectivity index (χ4v) is 2.71. The minimum absolute atomic E-state index is 0.198. The second-order valence-corrected chi connectivity index (χ2v) is 4.97. The molecule has 2 rings (SSSR count). The summed E-state index contributed by atoms with van der Waals surface area (Å²) in [4.78, 5) is 0.854. The Kier molecular flexibility index (Phi) is 2.08. The molecule has 0 amide bonds. The van der Waals surface area contributed by atoms with Gasteiger partial charge >= 0.3 is 5.84 Å². The zero-order chi connectivity index (χ0) is 11.2. The second kappa shape index (κ2) is 3.06. The van der Waals surface area contributed by atoms with E-state index in [-0.39, 0.29) is 5.84 Å². The van der Waals surface area contributed by atoms with Crippen molar-refractivity contribution >= 4 is 22.9 Å². The van der Waals surface area contributed by atoms with E-state index in [0.717, 1.165) is 14.4 Å². The lowest BCUT2D eigenvalue weighted by atomic mass is 9.98. The maximum atomic E-state index is 11.8. The van der Waals surface area contributed by atoms with E-state index in [4.69, 9.17) is 0 Å². The number of hydroxylamine groups is 2. The highest BCUT2D eigenvalue weighted by atomic mass is 32.1. The van der Waals surface area contributed by atoms with Gasteiger partial charge in [-0.1, -0.05) is 6.07 Å². The maximum Gasteiger partial charge on any atom is 0.433 e. The third-order valence-electron chi connectivity index (χ3n) is 2.63. The number of nitrogens with zero attached hydrogens (tertiary/aromatic N) is 2. The molecule has 0 aromatic carbocycles. The molecule has 1 aliphatic heterocycles. The standard InChI is InChI=1S/C10H12N2O2S/c1-7-11(13)9(8-5-4-6-15-8)10(2,3)12(7)14/h4-6H,1-3H3. The highest BCUT2D eigenvalue weighted by Crippen LogP contribution is 2.25. The second-order valence-electron chi connectivity index (χ2n) is 4.02. The summed E-state index contributed by atoms with van der Waals surface area (Å²) in [7, 11) is 0. The lowest BCUT2D eigenvalue weighted by Gasteiger charge is -2.14. The van der Waals surface area contributed by atoms with Crippen molar-refractivity contribution in [2.45, 2.75) is 26.3 Å². The molecule has 1 aliphatic rings. The van der Waals surface area contributed by atoms with Gasteiger partial charge in [0.2, 0.25) is 0 Å². The van der Waals surface area contributed by atoms with E-state index in [1.807, 2.05) is 17.5 Å². The Bertz CT molecular complexity index is 458. The third kappa shape index (κ3) is 1.26. The van der Waals surface area contributed by atoms with Crippen molar-refractivity contribution in [2.75, 3.05) is 0 Å². The molecular weight excluding hydrogens is 212 g/mol. The van der Waals surface area contributed by atoms with E-state index < -0.39 is 5.54 Å². The van der Waals surface area contributed by atoms with Crippen molar-refractivity contribution < 1.29 is 9.48 Å². The lowest BCUT2D eigenvalue weighted by molar-refractivity contribution is -0.532. The van der Waals surface area contributed by atoms with Crippen molar-refractivity contribution in [3.8, 4) is 0 Å². The van der Waals surface area contributed by atoms with Crippen molar-refractivity contribution in [2.24, 2.45) is 0 Å². The van der Waals surface area contributed by atoms with Crippen LogP contribution in [0.1, 0.15) is 25.6 Å². The first-order valence-corrected chi connectivity index (χ1v) is 5.53. The fourth-order valence-electron chi connectivity index (χ4n) is 1.81. The first kappa shape index (κ1) is 10.2. The average Bonchev–Trinajstić information content (AvgIpc) is 2.72. The predicted octanol–water partition coefficient (Wildman–Crippen LogP) is 1.77. The predicted molar refractivity (Wildman–Crippen MR) is 60.4 cm³/mol. The van der Waals surface area contributed by atoms with Gasteiger partial charge in [0.15, 0.2) is 0 Å². The highest BCUT2D eigenvalue weighted by molar-refractivity contribution is 7.12. The van der Waals surface area contributed by atoms with Crippen LogP contribution in [0.25, 0.3) is 0 Å². The van der Waals surface area contributed by atoms with Gasteiger partial charge in [0, 0.05) is 13.8 Å². The molecule has 0 unspecified atom stereocenters. The molecule has 5 heteroatoms. The summed E-state index contributed by atoms with van der Waals surface area (Å²) in [6.45, 7) is 5.06. The largest absolute Gasteiger partial charge is 0.619 e. The molecule has 0 saturated carbocycles. The summed E-state index contributed by atoms with van der Waals surface area (Å²) >= 11 is 1.47. The van der Waals surface area contributed by atoms with Gasteiger partial charge in [-0.2, -0.15) is 0 Å². The van der Waals surface area contributed by atoms with Gasteiger partial charge in [-0.15, -0.1) is 20.8 Å². The summed E-state index contributed by atoms with van der Waals surface area (Å²) in [5.41, 5.74) is -0.249. The molecule has 80 valence electrons. The van der Waals surface area contributed by atoms with E-state index in [0.29, 0.717) is 5.71 Å². The zero-order valence-corrected chi connectivity index (χ0v) is 9.67. The number of thiophene rings is 1. The molecule has 0 radical (unpaired) electrons. The molecule has 4 nitrogen and oxygen atoms in total. The van der Waals surface area contributed by atoms with Crippen LogP contribution in [-0.2, 0) is 0 Å². The molecule has 15 heavy (non-hydrogen) atoms. The molecule has 0 aliphatic carbocycles. The molecular formula is C10H12N2O2S. The van der Waals surface area contributed by atoms with E-state index >= 15 is 0 Å². The van der Waals surface area contributed by atoms with Gasteiger partial charge in [0.25, 0.3) is 11.3 Å². The van der Waals surface area contributed by atoms with Crippen LogP contribution in [0, 0.1) is 10.4 Å². The first-order chi connectivity index (χ1) is 6.96. The van der Waals surface area contributed by atoms with E-state index in [1.165, 1.54) is 11.3 Å². The van der Waals surface area contributed by atoms with Crippen LogP contribution >= 0.6 is 11.3 Å². The minimum atomic E-state index is -0.781. The number of amidine groups is 1. The normalized spacial score (nSPS) is 20.2. The van der Waals surface area contributed by atoms with Crippen LogP contribution in [0.3, 0.4) is 0 Å². The van der Waals surface area contributed by atoms with Gasteiger partial charge < -0.3 is 10.4 Å². The van der Waals surface area contributed by atoms with Gasteiger partial charge in [-0.3, -0.25) is 0 Å². The van der Waals surface area contributed by atoms with Crippen LogP contribution in [0.4, 0.5) is 0 Å². The minimum Gasteiger partial charge on any atom is -0.619 e. The van der Waals surface area contributed by atoms with Crippen molar-refractivity contribution in [1.29, 1.82) is 0 Å². The molecule has 2 heterocycles. The van der Waals surface area contributed by atoms with Gasteiger partial charge in [-0.25, -0.2) is 0 Å². The molecule has 1 aromatic heterocycles. The Balaban J connectivity index is 2.61. The third-order valence-corrected chi connectivity index (χ3v) is 3.51. The quantitative estimate of drug-likeness (QED) is 0.539. The van der Waals surface area contributed by atoms with Crippen molar-refractivity contribution in [3.63, 3.8) is 0 Å². The van der Waals surface area contributed by atoms with Crippen LogP contribution in [0.2, 0.25) is 0 Å². The summed E-state index contributed by atoms with van der Waals surface area (Å²) < 4.78 is 1.51. The Morgan fingerprint density at radius 2 is 2.00 bits per heavy atom. The molecule has 0 atom stereocenters. The number of rotatable bonds is 1. The van der Waals surface area contributed by atoms with Gasteiger partial charge in [0.05, 0.1) is 6.92 Å². The van der Waals surface area contributed by atoms with E-state index in [1.54, 1.807) is 20.8 Å². The molecule has 0 fully saturated rings.